The number of nitrogens with one attached hydrogen (secondary N) is 1. The molecule has 0 bridgehead atoms. The van der Waals surface area contributed by atoms with Gasteiger partial charge in [-0.25, -0.2) is 0 Å². The first-order valence-electron chi connectivity index (χ1n) is 4.09. The van der Waals surface area contributed by atoms with E-state index in [4.69, 9.17) is 0 Å². The minimum Gasteiger partial charge on any atom is -0.314 e. The Bertz CT molecular complexity index is 293. The molecule has 0 radical (unpaired) electrons. The quantitative estimate of drug-likeness (QED) is 0.738. The molecule has 2 heterocycles. The second-order valence-electron chi connectivity index (χ2n) is 3.02. The molecule has 4 heteroatoms. The zero-order valence-corrected chi connectivity index (χ0v) is 8.24. The average molecular weight is 183 g/mol. The van der Waals surface area contributed by atoms with E-state index in [9.17, 15) is 0 Å². The van der Waals surface area contributed by atoms with Crippen LogP contribution in [0.4, 0.5) is 0 Å². The lowest BCUT2D eigenvalue weighted by molar-refractivity contribution is 0.665. The molecular weight excluding hydrogens is 170 g/mol. The van der Waals surface area contributed by atoms with Crippen molar-refractivity contribution in [2.75, 3.05) is 7.05 Å². The molecule has 0 fully saturated rings. The van der Waals surface area contributed by atoms with Gasteiger partial charge >= 0.3 is 0 Å². The van der Waals surface area contributed by atoms with Crippen LogP contribution in [0.3, 0.4) is 0 Å². The molecule has 0 spiro atoms. The van der Waals surface area contributed by atoms with E-state index in [-0.39, 0.29) is 0 Å². The van der Waals surface area contributed by atoms with E-state index in [1.54, 1.807) is 0 Å². The predicted octanol–water partition coefficient (Wildman–Crippen LogP) is 0.886. The summed E-state index contributed by atoms with van der Waals surface area (Å²) >= 11 is 1.95. The van der Waals surface area contributed by atoms with Gasteiger partial charge in [-0.3, -0.25) is 4.68 Å². The van der Waals surface area contributed by atoms with Crippen molar-refractivity contribution in [2.24, 2.45) is 7.05 Å². The average Bonchev–Trinajstić information content (AvgIpc) is 2.56. The Kier molecular flexibility index (Phi) is 2.11. The Morgan fingerprint density at radius 3 is 3.17 bits per heavy atom. The fraction of sp³-hybridized carbons (Fsp3) is 0.625. The molecular formula is C8H13N3S. The highest BCUT2D eigenvalue weighted by atomic mass is 32.2. The van der Waals surface area contributed by atoms with E-state index >= 15 is 0 Å². The normalized spacial score (nSPS) is 15.2. The lowest BCUT2D eigenvalue weighted by Gasteiger charge is -2.02. The Morgan fingerprint density at radius 2 is 2.42 bits per heavy atom. The number of thioether (sulfide) groups is 1. The van der Waals surface area contributed by atoms with Crippen LogP contribution in [0.15, 0.2) is 0 Å². The Labute approximate surface area is 76.5 Å². The van der Waals surface area contributed by atoms with Gasteiger partial charge in [-0.1, -0.05) is 0 Å². The smallest absolute Gasteiger partial charge is 0.0767 e. The number of hydrogen-bond donors (Lipinski definition) is 1. The zero-order valence-electron chi connectivity index (χ0n) is 7.42. The second kappa shape index (κ2) is 3.11. The monoisotopic (exact) mass is 183 g/mol. The molecule has 1 aliphatic rings. The topological polar surface area (TPSA) is 29.9 Å². The lowest BCUT2D eigenvalue weighted by atomic mass is 10.2. The highest BCUT2D eigenvalue weighted by Crippen LogP contribution is 2.31. The number of nitrogens with zero attached hydrogens (tertiary/aromatic N) is 2. The Hall–Kier alpha value is -0.480. The van der Waals surface area contributed by atoms with Crippen LogP contribution in [-0.4, -0.2) is 16.8 Å². The van der Waals surface area contributed by atoms with Gasteiger partial charge in [0.2, 0.25) is 0 Å². The lowest BCUT2D eigenvalue weighted by Crippen LogP contribution is -2.11. The van der Waals surface area contributed by atoms with Crippen molar-refractivity contribution in [1.82, 2.24) is 15.1 Å². The Morgan fingerprint density at radius 1 is 1.58 bits per heavy atom. The zero-order chi connectivity index (χ0) is 8.55. The third-order valence-corrected chi connectivity index (χ3v) is 3.16. The predicted molar refractivity (Wildman–Crippen MR) is 51.0 cm³/mol. The molecule has 2 rings (SSSR count). The molecule has 1 aliphatic heterocycles. The second-order valence-corrected chi connectivity index (χ2v) is 4.00. The highest BCUT2D eigenvalue weighted by Gasteiger charge is 2.20. The maximum atomic E-state index is 4.47. The van der Waals surface area contributed by atoms with Gasteiger partial charge in [0.25, 0.3) is 0 Å². The summed E-state index contributed by atoms with van der Waals surface area (Å²) in [5.41, 5.74) is 4.09. The summed E-state index contributed by atoms with van der Waals surface area (Å²) in [6, 6.07) is 0. The van der Waals surface area contributed by atoms with E-state index in [0.29, 0.717) is 0 Å². The molecule has 0 atom stereocenters. The molecule has 0 saturated carbocycles. The van der Waals surface area contributed by atoms with Crippen molar-refractivity contribution in [1.29, 1.82) is 0 Å². The molecule has 1 aromatic heterocycles. The first kappa shape index (κ1) is 8.13. The molecule has 1 N–H and O–H groups in total. The van der Waals surface area contributed by atoms with Crippen molar-refractivity contribution in [3.63, 3.8) is 0 Å². The summed E-state index contributed by atoms with van der Waals surface area (Å²) in [6.45, 7) is 0.930. The van der Waals surface area contributed by atoms with Gasteiger partial charge in [0.05, 0.1) is 11.4 Å². The number of rotatable bonds is 2. The third kappa shape index (κ3) is 1.15. The molecule has 12 heavy (non-hydrogen) atoms. The van der Waals surface area contributed by atoms with Crippen LogP contribution in [0.2, 0.25) is 0 Å². The van der Waals surface area contributed by atoms with E-state index in [2.05, 4.69) is 10.4 Å². The highest BCUT2D eigenvalue weighted by molar-refractivity contribution is 7.98. The van der Waals surface area contributed by atoms with Crippen LogP contribution < -0.4 is 5.32 Å². The Balaban J connectivity index is 2.38. The van der Waals surface area contributed by atoms with E-state index in [0.717, 1.165) is 18.1 Å². The van der Waals surface area contributed by atoms with Crippen LogP contribution in [0, 0.1) is 0 Å². The van der Waals surface area contributed by atoms with Crippen LogP contribution in [0.25, 0.3) is 0 Å². The maximum Gasteiger partial charge on any atom is 0.0767 e. The molecule has 0 amide bonds. The summed E-state index contributed by atoms with van der Waals surface area (Å²) in [6.07, 6.45) is 0. The minimum absolute atomic E-state index is 0.930. The van der Waals surface area contributed by atoms with Crippen LogP contribution in [0.1, 0.15) is 17.0 Å². The number of fused-ring (bicyclic) bond motifs is 1. The summed E-state index contributed by atoms with van der Waals surface area (Å²) in [4.78, 5) is 0. The maximum absolute atomic E-state index is 4.47. The van der Waals surface area contributed by atoms with Crippen molar-refractivity contribution in [3.05, 3.63) is 17.0 Å². The first-order valence-corrected chi connectivity index (χ1v) is 5.24. The molecule has 0 aliphatic carbocycles. The molecule has 1 aromatic rings. The van der Waals surface area contributed by atoms with Gasteiger partial charge in [0.15, 0.2) is 0 Å². The van der Waals surface area contributed by atoms with Gasteiger partial charge in [-0.05, 0) is 7.05 Å². The van der Waals surface area contributed by atoms with Gasteiger partial charge in [0, 0.05) is 30.7 Å². The molecule has 3 nitrogen and oxygen atoms in total. The van der Waals surface area contributed by atoms with Gasteiger partial charge < -0.3 is 5.32 Å². The summed E-state index contributed by atoms with van der Waals surface area (Å²) in [5, 5.41) is 7.64. The molecule has 0 aromatic carbocycles. The van der Waals surface area contributed by atoms with Crippen molar-refractivity contribution < 1.29 is 0 Å². The standard InChI is InChI=1S/C8H13N3S/c1-9-3-8-6-4-12-5-7(6)10-11(8)2/h9H,3-5H2,1-2H3. The number of aromatic nitrogens is 2. The van der Waals surface area contributed by atoms with Crippen LogP contribution >= 0.6 is 11.8 Å². The van der Waals surface area contributed by atoms with Crippen LogP contribution in [-0.2, 0) is 25.1 Å². The molecule has 0 saturated heterocycles. The number of aryl methyl sites for hydroxylation is 1. The van der Waals surface area contributed by atoms with Gasteiger partial charge in [0.1, 0.15) is 0 Å². The SMILES string of the molecule is CNCc1c2c(nn1C)CSC2. The fourth-order valence-corrected chi connectivity index (χ4v) is 2.65. The summed E-state index contributed by atoms with van der Waals surface area (Å²) < 4.78 is 2.00. The third-order valence-electron chi connectivity index (χ3n) is 2.19. The first-order chi connectivity index (χ1) is 5.83. The minimum atomic E-state index is 0.930. The summed E-state index contributed by atoms with van der Waals surface area (Å²) in [7, 11) is 4.00. The van der Waals surface area contributed by atoms with Crippen molar-refractivity contribution in [2.45, 2.75) is 18.1 Å². The molecule has 0 unspecified atom stereocenters. The van der Waals surface area contributed by atoms with E-state index in [1.807, 2.05) is 30.5 Å². The van der Waals surface area contributed by atoms with Crippen molar-refractivity contribution in [3.8, 4) is 0 Å². The van der Waals surface area contributed by atoms with E-state index in [1.165, 1.54) is 17.0 Å². The van der Waals surface area contributed by atoms with Crippen LogP contribution in [0.5, 0.6) is 0 Å². The van der Waals surface area contributed by atoms with E-state index < -0.39 is 0 Å². The van der Waals surface area contributed by atoms with Gasteiger partial charge in [-0.2, -0.15) is 16.9 Å². The van der Waals surface area contributed by atoms with Gasteiger partial charge in [-0.15, -0.1) is 0 Å². The summed E-state index contributed by atoms with van der Waals surface area (Å²) in [5.74, 6) is 2.23. The largest absolute Gasteiger partial charge is 0.314 e. The number of hydrogen-bond acceptors (Lipinski definition) is 3. The van der Waals surface area contributed by atoms with Crippen molar-refractivity contribution >= 4 is 11.8 Å². The molecule has 66 valence electrons. The fourth-order valence-electron chi connectivity index (χ4n) is 1.58.